The van der Waals surface area contributed by atoms with Crippen LogP contribution in [-0.4, -0.2) is 56.7 Å². The molecule has 1 aliphatic rings. The summed E-state index contributed by atoms with van der Waals surface area (Å²) in [6.45, 7) is 25.5. The molecule has 0 aromatic heterocycles. The molecule has 126 valence electrons. The summed E-state index contributed by atoms with van der Waals surface area (Å²) in [5, 5.41) is 0. The molecule has 0 bridgehead atoms. The molecule has 21 heavy (non-hydrogen) atoms. The van der Waals surface area contributed by atoms with Crippen LogP contribution in [0.15, 0.2) is 0 Å². The first-order chi connectivity index (χ1) is 9.28. The second-order valence-corrected chi connectivity index (χ2v) is 47.4. The van der Waals surface area contributed by atoms with Gasteiger partial charge in [0.05, 0.1) is 0 Å². The van der Waals surface area contributed by atoms with Crippen molar-refractivity contribution in [3.63, 3.8) is 0 Å². The van der Waals surface area contributed by atoms with Crippen molar-refractivity contribution in [2.24, 2.45) is 0 Å². The van der Waals surface area contributed by atoms with Crippen LogP contribution >= 0.6 is 20.1 Å². The van der Waals surface area contributed by atoms with Gasteiger partial charge in [0, 0.05) is 43.3 Å². The van der Waals surface area contributed by atoms with Gasteiger partial charge in [0.1, 0.15) is 0 Å². The van der Waals surface area contributed by atoms with Crippen LogP contribution in [0.25, 0.3) is 0 Å². The fourth-order valence-electron chi connectivity index (χ4n) is 3.89. The van der Waals surface area contributed by atoms with E-state index in [1.54, 1.807) is 0 Å². The molecule has 0 unspecified atom stereocenters. The van der Waals surface area contributed by atoms with Crippen molar-refractivity contribution in [1.29, 1.82) is 0 Å². The minimum Gasteiger partial charge on any atom is -0.381 e. The van der Waals surface area contributed by atoms with E-state index in [2.05, 4.69) is 58.9 Å². The number of rotatable bonds is 3. The molecule has 1 saturated heterocycles. The second-order valence-electron chi connectivity index (χ2n) is 8.53. The van der Waals surface area contributed by atoms with E-state index in [-0.39, 0.29) is 20.7 Å². The van der Waals surface area contributed by atoms with Gasteiger partial charge < -0.3 is 4.74 Å². The van der Waals surface area contributed by atoms with Crippen molar-refractivity contribution >= 4 is 63.6 Å². The summed E-state index contributed by atoms with van der Waals surface area (Å²) in [6.07, 6.45) is 2.56. The van der Waals surface area contributed by atoms with E-state index >= 15 is 0 Å². The molecule has 1 heterocycles. The average molecular weight is 418 g/mol. The summed E-state index contributed by atoms with van der Waals surface area (Å²) < 4.78 is 4.94. The maximum absolute atomic E-state index is 4.94. The van der Waals surface area contributed by atoms with Crippen molar-refractivity contribution in [1.82, 2.24) is 0 Å². The Kier molecular flexibility index (Phi) is 13.8. The van der Waals surface area contributed by atoms with Gasteiger partial charge in [0.15, 0.2) is 0 Å². The summed E-state index contributed by atoms with van der Waals surface area (Å²) >= 11 is -0.306. The molecule has 1 aliphatic heterocycles. The lowest BCUT2D eigenvalue weighted by atomic mass is 10.4. The molecule has 8 heteroatoms. The quantitative estimate of drug-likeness (QED) is 0.549. The van der Waals surface area contributed by atoms with Crippen LogP contribution in [0.5, 0.6) is 0 Å². The monoisotopic (exact) mass is 416 g/mol. The normalized spacial score (nSPS) is 15.8. The van der Waals surface area contributed by atoms with Crippen molar-refractivity contribution in [3.8, 4) is 0 Å². The molecule has 0 aromatic rings. The van der Waals surface area contributed by atoms with Crippen LogP contribution in [0.3, 0.4) is 0 Å². The standard InChI is InChI=1S/C9H27Si4.C4H8O.Al.2ClH/c1-11(2,3)10(12(4,5)6)13(7,8)9;1-2-4-5-3-1;;;/h1-9H3;1-4H2;;2*1H/q;;+2;;/p-2. The number of hydrogen-bond acceptors (Lipinski definition) is 1. The third kappa shape index (κ3) is 14.0. The fourth-order valence-corrected chi connectivity index (χ4v) is 91.6. The molecular weight excluding hydrogens is 382 g/mol. The maximum atomic E-state index is 4.94. The minimum atomic E-state index is -0.832. The summed E-state index contributed by atoms with van der Waals surface area (Å²) in [6, 6.07) is 0. The van der Waals surface area contributed by atoms with Crippen molar-refractivity contribution in [2.75, 3.05) is 13.2 Å². The number of ether oxygens (including phenoxy) is 1. The molecule has 1 nitrogen and oxygen atoms in total. The predicted octanol–water partition coefficient (Wildman–Crippen LogP) is 5.53. The highest BCUT2D eigenvalue weighted by atomic mass is 35.7. The third-order valence-corrected chi connectivity index (χ3v) is 61.6. The number of halogens is 2. The summed E-state index contributed by atoms with van der Waals surface area (Å²) in [5.41, 5.74) is 0. The molecule has 0 N–H and O–H groups in total. The summed E-state index contributed by atoms with van der Waals surface area (Å²) in [4.78, 5) is 0. The van der Waals surface area contributed by atoms with Gasteiger partial charge >= 0.3 is 13.4 Å². The second kappa shape index (κ2) is 11.5. The fraction of sp³-hybridized carbons (Fsp3) is 1.00. The average Bonchev–Trinajstić information content (AvgIpc) is 2.66. The van der Waals surface area contributed by atoms with E-state index in [0.717, 1.165) is 13.2 Å². The molecule has 0 aliphatic carbocycles. The molecule has 1 rings (SSSR count). The topological polar surface area (TPSA) is 9.23 Å². The molecule has 0 aromatic carbocycles. The number of hydrogen-bond donors (Lipinski definition) is 0. The zero-order valence-electron chi connectivity index (χ0n) is 15.6. The Morgan fingerprint density at radius 2 is 0.952 bits per heavy atom. The molecule has 0 saturated carbocycles. The molecular formula is C13H35AlCl2OSi4. The van der Waals surface area contributed by atoms with E-state index < -0.39 is 22.8 Å². The Morgan fingerprint density at radius 1 is 0.714 bits per heavy atom. The minimum absolute atomic E-state index is 0.0255. The van der Waals surface area contributed by atoms with Crippen LogP contribution in [-0.2, 0) is 4.74 Å². The van der Waals surface area contributed by atoms with E-state index in [4.69, 9.17) is 24.8 Å². The van der Waals surface area contributed by atoms with Crippen LogP contribution in [0.2, 0.25) is 58.9 Å². The van der Waals surface area contributed by atoms with Crippen molar-refractivity contribution < 1.29 is 4.74 Å². The highest BCUT2D eigenvalue weighted by Gasteiger charge is 2.46. The first kappa shape index (κ1) is 25.2. The largest absolute Gasteiger partial charge is 0.495 e. The van der Waals surface area contributed by atoms with E-state index in [0.29, 0.717) is 0 Å². The lowest BCUT2D eigenvalue weighted by molar-refractivity contribution is 0.198. The molecule has 2 radical (unpaired) electrons. The van der Waals surface area contributed by atoms with Crippen LogP contribution in [0.1, 0.15) is 12.8 Å². The first-order valence-corrected chi connectivity index (χ1v) is 26.3. The first-order valence-electron chi connectivity index (χ1n) is 7.76. The lowest BCUT2D eigenvalue weighted by Gasteiger charge is -2.44. The van der Waals surface area contributed by atoms with Gasteiger partial charge in [-0.05, 0) is 12.8 Å². The Balaban J connectivity index is 0. The molecule has 1 fully saturated rings. The highest BCUT2D eigenvalue weighted by Crippen LogP contribution is 2.25. The van der Waals surface area contributed by atoms with Gasteiger partial charge in [0.25, 0.3) is 0 Å². The Morgan fingerprint density at radius 3 is 1.00 bits per heavy atom. The van der Waals surface area contributed by atoms with E-state index in [9.17, 15) is 0 Å². The Bertz CT molecular complexity index is 217. The Labute approximate surface area is 152 Å². The highest BCUT2D eigenvalue weighted by molar-refractivity contribution is 7.81. The van der Waals surface area contributed by atoms with E-state index in [1.807, 2.05) is 0 Å². The SMILES string of the molecule is C1CCOC1.C[Si](C)(C)[Si]([Si](C)(C)C)[Si](C)(C)C.[Cl][Al][Cl]. The smallest absolute Gasteiger partial charge is 0.381 e. The van der Waals surface area contributed by atoms with Gasteiger partial charge in [-0.15, -0.1) is 0 Å². The lowest BCUT2D eigenvalue weighted by Crippen LogP contribution is -2.70. The summed E-state index contributed by atoms with van der Waals surface area (Å²) in [7, 11) is 7.22. The van der Waals surface area contributed by atoms with Gasteiger partial charge in [-0.2, -0.15) is 0 Å². The molecule has 0 amide bonds. The Hall–Kier alpha value is 1.94. The zero-order chi connectivity index (χ0) is 17.3. The third-order valence-electron chi connectivity index (χ3n) is 3.08. The van der Waals surface area contributed by atoms with Gasteiger partial charge in [-0.25, -0.2) is 20.1 Å². The van der Waals surface area contributed by atoms with Crippen LogP contribution < -0.4 is 0 Å². The van der Waals surface area contributed by atoms with Crippen LogP contribution in [0.4, 0.5) is 0 Å². The predicted molar refractivity (Wildman–Crippen MR) is 113 cm³/mol. The van der Waals surface area contributed by atoms with Crippen molar-refractivity contribution in [3.05, 3.63) is 0 Å². The van der Waals surface area contributed by atoms with Gasteiger partial charge in [-0.3, -0.25) is 0 Å². The summed E-state index contributed by atoms with van der Waals surface area (Å²) in [5.74, 6) is 0. The van der Waals surface area contributed by atoms with Gasteiger partial charge in [-0.1, -0.05) is 58.9 Å². The molecule has 0 atom stereocenters. The molecule has 0 spiro atoms. The van der Waals surface area contributed by atoms with Gasteiger partial charge in [0.2, 0.25) is 0 Å². The zero-order valence-corrected chi connectivity index (χ0v) is 22.2. The maximum Gasteiger partial charge on any atom is 0.495 e. The van der Waals surface area contributed by atoms with Crippen molar-refractivity contribution in [2.45, 2.75) is 71.8 Å². The van der Waals surface area contributed by atoms with E-state index in [1.165, 1.54) is 12.8 Å². The van der Waals surface area contributed by atoms with Crippen LogP contribution in [0, 0.1) is 0 Å².